The van der Waals surface area contributed by atoms with Gasteiger partial charge < -0.3 is 5.73 Å². The molecule has 66 valence electrons. The number of nitrogen functional groups attached to an aromatic ring is 1. The van der Waals surface area contributed by atoms with Gasteiger partial charge in [-0.25, -0.2) is 4.68 Å². The third-order valence-electron chi connectivity index (χ3n) is 1.93. The van der Waals surface area contributed by atoms with Crippen molar-refractivity contribution in [1.29, 1.82) is 0 Å². The van der Waals surface area contributed by atoms with Gasteiger partial charge in [-0.2, -0.15) is 5.10 Å². The third-order valence-corrected chi connectivity index (χ3v) is 1.93. The zero-order valence-electron chi connectivity index (χ0n) is 7.44. The third kappa shape index (κ3) is 1.40. The zero-order valence-corrected chi connectivity index (χ0v) is 7.44. The van der Waals surface area contributed by atoms with E-state index in [2.05, 4.69) is 5.10 Å². The first kappa shape index (κ1) is 7.86. The van der Waals surface area contributed by atoms with Crippen molar-refractivity contribution in [3.05, 3.63) is 42.2 Å². The Balaban J connectivity index is 2.53. The molecule has 0 unspecified atom stereocenters. The van der Waals surface area contributed by atoms with E-state index in [-0.39, 0.29) is 0 Å². The van der Waals surface area contributed by atoms with Crippen LogP contribution in [0.3, 0.4) is 0 Å². The molecule has 3 heteroatoms. The van der Waals surface area contributed by atoms with Crippen LogP contribution >= 0.6 is 0 Å². The maximum Gasteiger partial charge on any atom is 0.0874 e. The second-order valence-corrected chi connectivity index (χ2v) is 3.01. The predicted octanol–water partition coefficient (Wildman–Crippen LogP) is 1.76. The Morgan fingerprint density at radius 3 is 2.85 bits per heavy atom. The van der Waals surface area contributed by atoms with Gasteiger partial charge in [0, 0.05) is 12.4 Å². The van der Waals surface area contributed by atoms with Crippen LogP contribution < -0.4 is 5.73 Å². The van der Waals surface area contributed by atoms with Crippen molar-refractivity contribution in [2.75, 3.05) is 5.73 Å². The lowest BCUT2D eigenvalue weighted by atomic mass is 10.2. The van der Waals surface area contributed by atoms with Gasteiger partial charge in [-0.3, -0.25) is 0 Å². The number of nitrogens with zero attached hydrogens (tertiary/aromatic N) is 2. The van der Waals surface area contributed by atoms with Crippen LogP contribution in [0.5, 0.6) is 0 Å². The SMILES string of the molecule is Cc1ccc(-n2cccn2)c(N)c1. The summed E-state index contributed by atoms with van der Waals surface area (Å²) < 4.78 is 1.76. The average Bonchev–Trinajstić information content (AvgIpc) is 2.56. The first-order chi connectivity index (χ1) is 6.27. The highest BCUT2D eigenvalue weighted by atomic mass is 15.3. The molecule has 1 aromatic carbocycles. The predicted molar refractivity (Wildman–Crippen MR) is 52.7 cm³/mol. The monoisotopic (exact) mass is 173 g/mol. The van der Waals surface area contributed by atoms with E-state index < -0.39 is 0 Å². The fourth-order valence-corrected chi connectivity index (χ4v) is 1.29. The molecule has 13 heavy (non-hydrogen) atoms. The van der Waals surface area contributed by atoms with Crippen molar-refractivity contribution in [2.45, 2.75) is 6.92 Å². The van der Waals surface area contributed by atoms with E-state index in [1.54, 1.807) is 10.9 Å². The first-order valence-corrected chi connectivity index (χ1v) is 4.13. The Morgan fingerprint density at radius 2 is 2.23 bits per heavy atom. The minimum atomic E-state index is 0.753. The maximum absolute atomic E-state index is 5.85. The van der Waals surface area contributed by atoms with E-state index in [9.17, 15) is 0 Å². The Morgan fingerprint density at radius 1 is 1.38 bits per heavy atom. The van der Waals surface area contributed by atoms with E-state index in [0.29, 0.717) is 0 Å². The zero-order chi connectivity index (χ0) is 9.26. The van der Waals surface area contributed by atoms with E-state index in [1.165, 1.54) is 0 Å². The van der Waals surface area contributed by atoms with Crippen molar-refractivity contribution in [3.8, 4) is 5.69 Å². The molecule has 3 nitrogen and oxygen atoms in total. The molecule has 1 heterocycles. The quantitative estimate of drug-likeness (QED) is 0.668. The summed E-state index contributed by atoms with van der Waals surface area (Å²) >= 11 is 0. The van der Waals surface area contributed by atoms with Crippen LogP contribution in [-0.4, -0.2) is 9.78 Å². The average molecular weight is 173 g/mol. The minimum Gasteiger partial charge on any atom is -0.397 e. The summed E-state index contributed by atoms with van der Waals surface area (Å²) in [5.41, 5.74) is 8.69. The number of aryl methyl sites for hydroxylation is 1. The standard InChI is InChI=1S/C10H11N3/c1-8-3-4-10(9(11)7-8)13-6-2-5-12-13/h2-7H,11H2,1H3. The summed E-state index contributed by atoms with van der Waals surface area (Å²) in [4.78, 5) is 0. The second kappa shape index (κ2) is 2.94. The summed E-state index contributed by atoms with van der Waals surface area (Å²) in [7, 11) is 0. The summed E-state index contributed by atoms with van der Waals surface area (Å²) in [6.45, 7) is 2.02. The molecule has 0 spiro atoms. The van der Waals surface area contributed by atoms with E-state index in [1.807, 2.05) is 37.4 Å². The lowest BCUT2D eigenvalue weighted by Crippen LogP contribution is -1.99. The molecule has 0 atom stereocenters. The normalized spacial score (nSPS) is 10.2. The van der Waals surface area contributed by atoms with Gasteiger partial charge >= 0.3 is 0 Å². The first-order valence-electron chi connectivity index (χ1n) is 4.13. The van der Waals surface area contributed by atoms with E-state index >= 15 is 0 Å². The number of anilines is 1. The molecule has 0 aliphatic rings. The summed E-state index contributed by atoms with van der Waals surface area (Å²) in [5, 5.41) is 4.11. The van der Waals surface area contributed by atoms with Crippen molar-refractivity contribution >= 4 is 5.69 Å². The summed E-state index contributed by atoms with van der Waals surface area (Å²) in [6, 6.07) is 7.81. The van der Waals surface area contributed by atoms with Crippen LogP contribution in [0.15, 0.2) is 36.7 Å². The van der Waals surface area contributed by atoms with E-state index in [4.69, 9.17) is 5.73 Å². The van der Waals surface area contributed by atoms with Crippen LogP contribution in [0, 0.1) is 6.92 Å². The van der Waals surface area contributed by atoms with Gasteiger partial charge in [-0.1, -0.05) is 6.07 Å². The molecule has 0 saturated heterocycles. The molecule has 2 rings (SSSR count). The van der Waals surface area contributed by atoms with Crippen molar-refractivity contribution in [3.63, 3.8) is 0 Å². The Bertz CT molecular complexity index is 404. The van der Waals surface area contributed by atoms with Crippen molar-refractivity contribution < 1.29 is 0 Å². The molecule has 0 bridgehead atoms. The van der Waals surface area contributed by atoms with Gasteiger partial charge in [0.25, 0.3) is 0 Å². The highest BCUT2D eigenvalue weighted by molar-refractivity contribution is 5.58. The topological polar surface area (TPSA) is 43.8 Å². The largest absolute Gasteiger partial charge is 0.397 e. The van der Waals surface area contributed by atoms with Crippen molar-refractivity contribution in [1.82, 2.24) is 9.78 Å². The molecule has 2 aromatic rings. The van der Waals surface area contributed by atoms with Crippen LogP contribution in [0.2, 0.25) is 0 Å². The van der Waals surface area contributed by atoms with Gasteiger partial charge in [-0.05, 0) is 30.7 Å². The number of aromatic nitrogens is 2. The van der Waals surface area contributed by atoms with Crippen molar-refractivity contribution in [2.24, 2.45) is 0 Å². The van der Waals surface area contributed by atoms with Crippen LogP contribution in [0.4, 0.5) is 5.69 Å². The molecule has 0 radical (unpaired) electrons. The fourth-order valence-electron chi connectivity index (χ4n) is 1.29. The van der Waals surface area contributed by atoms with Gasteiger partial charge in [0.05, 0.1) is 11.4 Å². The number of rotatable bonds is 1. The fraction of sp³-hybridized carbons (Fsp3) is 0.100. The van der Waals surface area contributed by atoms with Crippen LogP contribution in [0.25, 0.3) is 5.69 Å². The Labute approximate surface area is 76.8 Å². The Kier molecular flexibility index (Phi) is 1.77. The summed E-state index contributed by atoms with van der Waals surface area (Å²) in [5.74, 6) is 0. The molecule has 0 aliphatic heterocycles. The molecule has 1 aromatic heterocycles. The highest BCUT2D eigenvalue weighted by Gasteiger charge is 2.00. The molecular formula is C10H11N3. The lowest BCUT2D eigenvalue weighted by Gasteiger charge is -2.05. The van der Waals surface area contributed by atoms with Gasteiger partial charge in [0.15, 0.2) is 0 Å². The van der Waals surface area contributed by atoms with Gasteiger partial charge in [-0.15, -0.1) is 0 Å². The molecule has 0 fully saturated rings. The molecule has 2 N–H and O–H groups in total. The highest BCUT2D eigenvalue weighted by Crippen LogP contribution is 2.17. The molecule has 0 saturated carbocycles. The summed E-state index contributed by atoms with van der Waals surface area (Å²) in [6.07, 6.45) is 3.61. The van der Waals surface area contributed by atoms with E-state index in [0.717, 1.165) is 16.9 Å². The number of hydrogen-bond donors (Lipinski definition) is 1. The molecule has 0 aliphatic carbocycles. The van der Waals surface area contributed by atoms with Gasteiger partial charge in [0.1, 0.15) is 0 Å². The number of nitrogens with two attached hydrogens (primary N) is 1. The molecule has 0 amide bonds. The lowest BCUT2D eigenvalue weighted by molar-refractivity contribution is 0.882. The number of hydrogen-bond acceptors (Lipinski definition) is 2. The van der Waals surface area contributed by atoms with Gasteiger partial charge in [0.2, 0.25) is 0 Å². The second-order valence-electron chi connectivity index (χ2n) is 3.01. The maximum atomic E-state index is 5.85. The van der Waals surface area contributed by atoms with Crippen LogP contribution in [-0.2, 0) is 0 Å². The van der Waals surface area contributed by atoms with Crippen LogP contribution in [0.1, 0.15) is 5.56 Å². The molecular weight excluding hydrogens is 162 g/mol. The Hall–Kier alpha value is -1.77. The smallest absolute Gasteiger partial charge is 0.0874 e. The number of benzene rings is 1. The minimum absolute atomic E-state index is 0.753.